The van der Waals surface area contributed by atoms with Crippen LogP contribution in [0.4, 0.5) is 10.2 Å². The van der Waals surface area contributed by atoms with E-state index < -0.39 is 5.82 Å². The lowest BCUT2D eigenvalue weighted by Crippen LogP contribution is -2.37. The van der Waals surface area contributed by atoms with E-state index in [4.69, 9.17) is 0 Å². The molecule has 4 heterocycles. The molecule has 0 aliphatic heterocycles. The van der Waals surface area contributed by atoms with Crippen molar-refractivity contribution in [3.05, 3.63) is 79.1 Å². The molecule has 0 spiro atoms. The minimum absolute atomic E-state index is 0.375. The predicted molar refractivity (Wildman–Crippen MR) is 118 cm³/mol. The van der Waals surface area contributed by atoms with Crippen LogP contribution in [0.1, 0.15) is 12.5 Å². The van der Waals surface area contributed by atoms with E-state index in [2.05, 4.69) is 44.1 Å². The van der Waals surface area contributed by atoms with Gasteiger partial charge in [0.15, 0.2) is 11.3 Å². The Morgan fingerprint density at radius 2 is 2.13 bits per heavy atom. The molecule has 7 nitrogen and oxygen atoms in total. The maximum absolute atomic E-state index is 13.7. The number of aromatic amines is 1. The van der Waals surface area contributed by atoms with Crippen LogP contribution < -0.4 is 10.00 Å². The van der Waals surface area contributed by atoms with E-state index in [9.17, 15) is 4.39 Å². The molecule has 0 saturated carbocycles. The first kappa shape index (κ1) is 18.9. The third-order valence-corrected chi connectivity index (χ3v) is 5.16. The van der Waals surface area contributed by atoms with Gasteiger partial charge in [0.05, 0.1) is 16.9 Å². The molecule has 8 heteroatoms. The number of aromatic nitrogens is 6. The van der Waals surface area contributed by atoms with Gasteiger partial charge in [0.25, 0.3) is 0 Å². The fourth-order valence-corrected chi connectivity index (χ4v) is 3.67. The van der Waals surface area contributed by atoms with Crippen molar-refractivity contribution >= 4 is 27.9 Å². The van der Waals surface area contributed by atoms with E-state index in [0.29, 0.717) is 23.8 Å². The Kier molecular flexibility index (Phi) is 4.66. The molecule has 2 N–H and O–H groups in total. The number of para-hydroxylation sites is 1. The summed E-state index contributed by atoms with van der Waals surface area (Å²) in [5, 5.41) is 9.22. The first-order chi connectivity index (χ1) is 15.1. The molecular formula is C23H21FN7+. The highest BCUT2D eigenvalue weighted by atomic mass is 19.1. The summed E-state index contributed by atoms with van der Waals surface area (Å²) >= 11 is 0. The van der Waals surface area contributed by atoms with Crippen molar-refractivity contribution in [1.29, 1.82) is 0 Å². The largest absolute Gasteiger partial charge is 0.368 e. The summed E-state index contributed by atoms with van der Waals surface area (Å²) in [5.41, 5.74) is 4.46. The average Bonchev–Trinajstić information content (AvgIpc) is 3.38. The van der Waals surface area contributed by atoms with Crippen LogP contribution in [0.25, 0.3) is 33.5 Å². The summed E-state index contributed by atoms with van der Waals surface area (Å²) in [6, 6.07) is 11.5. The van der Waals surface area contributed by atoms with Gasteiger partial charge in [-0.05, 0) is 35.7 Å². The van der Waals surface area contributed by atoms with Crippen molar-refractivity contribution < 1.29 is 9.07 Å². The van der Waals surface area contributed by atoms with Crippen molar-refractivity contribution in [2.75, 3.05) is 11.9 Å². The SMILES string of the molecule is C=C(C)[n+]1ccc2c(NCCc3c[nH]c4ccccc34)nc(-c3cncc(F)c3)nn21. The van der Waals surface area contributed by atoms with E-state index in [1.54, 1.807) is 10.8 Å². The zero-order valence-corrected chi connectivity index (χ0v) is 17.0. The number of allylic oxidation sites excluding steroid dienone is 1. The van der Waals surface area contributed by atoms with Gasteiger partial charge in [-0.2, -0.15) is 4.98 Å². The number of rotatable bonds is 6. The zero-order valence-electron chi connectivity index (χ0n) is 17.0. The summed E-state index contributed by atoms with van der Waals surface area (Å²) in [5.74, 6) is 0.602. The summed E-state index contributed by atoms with van der Waals surface area (Å²) < 4.78 is 17.3. The highest BCUT2D eigenvalue weighted by Gasteiger charge is 2.20. The molecule has 0 fully saturated rings. The monoisotopic (exact) mass is 414 g/mol. The molecule has 4 aromatic heterocycles. The predicted octanol–water partition coefficient (Wildman–Crippen LogP) is 3.84. The van der Waals surface area contributed by atoms with Crippen LogP contribution in [0.15, 0.2) is 67.8 Å². The van der Waals surface area contributed by atoms with E-state index in [1.807, 2.05) is 42.2 Å². The first-order valence-corrected chi connectivity index (χ1v) is 9.97. The van der Waals surface area contributed by atoms with Crippen LogP contribution in [0.2, 0.25) is 0 Å². The molecule has 5 rings (SSSR count). The van der Waals surface area contributed by atoms with E-state index >= 15 is 0 Å². The van der Waals surface area contributed by atoms with Gasteiger partial charge >= 0.3 is 5.82 Å². The molecule has 0 radical (unpaired) electrons. The average molecular weight is 414 g/mol. The van der Waals surface area contributed by atoms with E-state index in [-0.39, 0.29) is 0 Å². The van der Waals surface area contributed by atoms with Crippen LogP contribution in [0.5, 0.6) is 0 Å². The van der Waals surface area contributed by atoms with E-state index in [0.717, 1.165) is 29.3 Å². The number of hydrogen-bond acceptors (Lipinski definition) is 4. The Balaban J connectivity index is 1.50. The molecule has 0 aliphatic carbocycles. The minimum atomic E-state index is -0.435. The highest BCUT2D eigenvalue weighted by molar-refractivity contribution is 5.83. The Hall–Kier alpha value is -4.07. The number of anilines is 1. The van der Waals surface area contributed by atoms with Gasteiger partial charge in [-0.15, -0.1) is 4.68 Å². The summed E-state index contributed by atoms with van der Waals surface area (Å²) in [6.07, 6.45) is 7.45. The number of pyridine rings is 1. The van der Waals surface area contributed by atoms with Gasteiger partial charge in [-0.3, -0.25) is 4.98 Å². The molecule has 31 heavy (non-hydrogen) atoms. The second kappa shape index (κ2) is 7.64. The van der Waals surface area contributed by atoms with Gasteiger partial charge in [0.2, 0.25) is 0 Å². The summed E-state index contributed by atoms with van der Waals surface area (Å²) in [6.45, 7) is 6.57. The molecule has 0 unspecified atom stereocenters. The first-order valence-electron chi connectivity index (χ1n) is 9.97. The molecular weight excluding hydrogens is 393 g/mol. The Bertz CT molecular complexity index is 1420. The van der Waals surface area contributed by atoms with Crippen molar-refractivity contribution in [2.24, 2.45) is 0 Å². The quantitative estimate of drug-likeness (QED) is 0.414. The Labute approximate surface area is 177 Å². The molecule has 0 atom stereocenters. The molecule has 0 saturated heterocycles. The van der Waals surface area contributed by atoms with Gasteiger partial charge in [0, 0.05) is 35.9 Å². The number of hydrogen-bond donors (Lipinski definition) is 2. The number of halogens is 1. The molecule has 5 aromatic rings. The third-order valence-electron chi connectivity index (χ3n) is 5.16. The van der Waals surface area contributed by atoms with Crippen molar-refractivity contribution in [2.45, 2.75) is 13.3 Å². The molecule has 1 aromatic carbocycles. The summed E-state index contributed by atoms with van der Waals surface area (Å²) in [4.78, 5) is 11.9. The topological polar surface area (TPSA) is 74.8 Å². The molecule has 154 valence electrons. The van der Waals surface area contributed by atoms with Crippen LogP contribution in [-0.4, -0.2) is 31.2 Å². The zero-order chi connectivity index (χ0) is 21.4. The molecule has 0 bridgehead atoms. The number of nitrogens with zero attached hydrogens (tertiary/aromatic N) is 5. The Morgan fingerprint density at radius 3 is 2.97 bits per heavy atom. The second-order valence-electron chi connectivity index (χ2n) is 7.38. The lowest BCUT2D eigenvalue weighted by atomic mass is 10.1. The summed E-state index contributed by atoms with van der Waals surface area (Å²) in [7, 11) is 0. The highest BCUT2D eigenvalue weighted by Crippen LogP contribution is 2.21. The van der Waals surface area contributed by atoms with Gasteiger partial charge < -0.3 is 10.3 Å². The maximum atomic E-state index is 13.7. The standard InChI is InChI=1S/C23H21FN7/c1-15(2)30-10-8-21-23(26-9-7-16-13-27-20-6-4-3-5-19(16)20)28-22(29-31(21)30)17-11-18(24)14-25-12-17/h3-6,8,10-14,27H,1,7,9H2,2H3,(H,26,28,29)/q+1. The second-order valence-corrected chi connectivity index (χ2v) is 7.38. The van der Waals surface area contributed by atoms with Gasteiger partial charge in [0.1, 0.15) is 17.7 Å². The maximum Gasteiger partial charge on any atom is 0.303 e. The van der Waals surface area contributed by atoms with Crippen LogP contribution in [0, 0.1) is 5.82 Å². The number of H-pyrrole nitrogens is 1. The van der Waals surface area contributed by atoms with Crippen molar-refractivity contribution in [1.82, 2.24) is 24.7 Å². The van der Waals surface area contributed by atoms with Crippen molar-refractivity contribution in [3.63, 3.8) is 0 Å². The van der Waals surface area contributed by atoms with Crippen LogP contribution in [0.3, 0.4) is 0 Å². The fraction of sp³-hybridized carbons (Fsp3) is 0.130. The van der Waals surface area contributed by atoms with Gasteiger partial charge in [-0.1, -0.05) is 24.8 Å². The normalized spacial score (nSPS) is 11.3. The minimum Gasteiger partial charge on any atom is -0.368 e. The van der Waals surface area contributed by atoms with Crippen molar-refractivity contribution in [3.8, 4) is 11.4 Å². The number of fused-ring (bicyclic) bond motifs is 2. The number of benzene rings is 1. The third kappa shape index (κ3) is 3.52. The number of nitrogens with one attached hydrogen (secondary N) is 2. The lowest BCUT2D eigenvalue weighted by Gasteiger charge is -2.07. The van der Waals surface area contributed by atoms with E-state index in [1.165, 1.54) is 17.0 Å². The lowest BCUT2D eigenvalue weighted by molar-refractivity contribution is -0.660. The van der Waals surface area contributed by atoms with Crippen LogP contribution in [-0.2, 0) is 6.42 Å². The molecule has 0 amide bonds. The van der Waals surface area contributed by atoms with Crippen LogP contribution >= 0.6 is 0 Å². The van der Waals surface area contributed by atoms with Gasteiger partial charge in [-0.25, -0.2) is 4.39 Å². The smallest absolute Gasteiger partial charge is 0.303 e. The molecule has 0 aliphatic rings. The fourth-order valence-electron chi connectivity index (χ4n) is 3.67. The Morgan fingerprint density at radius 1 is 1.26 bits per heavy atom.